The van der Waals surface area contributed by atoms with Crippen molar-refractivity contribution in [2.24, 2.45) is 0 Å². The molecule has 1 aromatic carbocycles. The van der Waals surface area contributed by atoms with Crippen molar-refractivity contribution in [3.05, 3.63) is 58.4 Å². The van der Waals surface area contributed by atoms with Gasteiger partial charge in [0.2, 0.25) is 10.0 Å². The van der Waals surface area contributed by atoms with Gasteiger partial charge in [-0.25, -0.2) is 8.42 Å². The van der Waals surface area contributed by atoms with Crippen LogP contribution in [0.15, 0.2) is 47.6 Å². The van der Waals surface area contributed by atoms with Gasteiger partial charge < -0.3 is 9.64 Å². The number of sulfonamides is 1. The van der Waals surface area contributed by atoms with E-state index in [1.54, 1.807) is 18.5 Å². The molecule has 0 aliphatic carbocycles. The molecule has 3 heterocycles. The predicted octanol–water partition coefficient (Wildman–Crippen LogP) is 2.35. The Kier molecular flexibility index (Phi) is 5.48. The van der Waals surface area contributed by atoms with Gasteiger partial charge in [0, 0.05) is 44.2 Å². The highest BCUT2D eigenvalue weighted by Crippen LogP contribution is 2.40. The summed E-state index contributed by atoms with van der Waals surface area (Å²) in [7, 11) is -3.90. The summed E-state index contributed by atoms with van der Waals surface area (Å²) >= 11 is 0. The van der Waals surface area contributed by atoms with E-state index in [0.717, 1.165) is 18.4 Å². The third kappa shape index (κ3) is 3.83. The van der Waals surface area contributed by atoms with Crippen LogP contribution in [-0.4, -0.2) is 55.5 Å². The second kappa shape index (κ2) is 8.05. The van der Waals surface area contributed by atoms with Gasteiger partial charge in [-0.05, 0) is 30.5 Å². The monoisotopic (exact) mass is 418 g/mol. The number of nitro benzene ring substituents is 1. The number of aromatic nitrogens is 1. The fourth-order valence-corrected chi connectivity index (χ4v) is 5.59. The number of nitrogens with zero attached hydrogens (tertiary/aromatic N) is 4. The van der Waals surface area contributed by atoms with Crippen LogP contribution in [0.3, 0.4) is 0 Å². The average molecular weight is 418 g/mol. The van der Waals surface area contributed by atoms with E-state index in [4.69, 9.17) is 4.74 Å². The lowest BCUT2D eigenvalue weighted by molar-refractivity contribution is -0.385. The Bertz CT molecular complexity index is 993. The first kappa shape index (κ1) is 19.7. The first-order chi connectivity index (χ1) is 14.0. The molecule has 29 heavy (non-hydrogen) atoms. The normalized spacial score (nSPS) is 20.7. The summed E-state index contributed by atoms with van der Waals surface area (Å²) in [5.41, 5.74) is 1.25. The molecule has 0 N–H and O–H groups in total. The van der Waals surface area contributed by atoms with E-state index in [2.05, 4.69) is 4.98 Å². The first-order valence-electron chi connectivity index (χ1n) is 9.51. The van der Waals surface area contributed by atoms with Crippen LogP contribution >= 0.6 is 0 Å². The number of morpholine rings is 1. The number of hydrogen-bond acceptors (Lipinski definition) is 7. The molecular weight excluding hydrogens is 396 g/mol. The largest absolute Gasteiger partial charge is 0.379 e. The molecule has 10 heteroatoms. The molecular formula is C19H22N4O5S. The minimum Gasteiger partial charge on any atom is -0.379 e. The number of hydrogen-bond donors (Lipinski definition) is 0. The quantitative estimate of drug-likeness (QED) is 0.542. The third-order valence-corrected chi connectivity index (χ3v) is 7.30. The standard InChI is InChI=1S/C19H22N4O5S/c24-23(25)16-5-6-18(19(13-16)29(26,27)21-9-11-28-12-10-21)22-8-2-4-17(22)15-3-1-7-20-14-15/h1,3,5-7,13-14,17H,2,4,8-12H2. The summed E-state index contributed by atoms with van der Waals surface area (Å²) in [6.07, 6.45) is 5.24. The molecule has 4 rings (SSSR count). The van der Waals surface area contributed by atoms with Gasteiger partial charge >= 0.3 is 0 Å². The molecule has 2 fully saturated rings. The molecule has 0 radical (unpaired) electrons. The minimum atomic E-state index is -3.90. The molecule has 0 spiro atoms. The Labute approximate surface area is 169 Å². The van der Waals surface area contributed by atoms with Crippen molar-refractivity contribution in [3.63, 3.8) is 0 Å². The van der Waals surface area contributed by atoms with Gasteiger partial charge in [0.05, 0.1) is 29.9 Å². The maximum absolute atomic E-state index is 13.4. The molecule has 2 aromatic rings. The Balaban J connectivity index is 1.80. The highest BCUT2D eigenvalue weighted by Gasteiger charge is 2.35. The van der Waals surface area contributed by atoms with E-state index in [-0.39, 0.29) is 29.7 Å². The Morgan fingerprint density at radius 1 is 1.17 bits per heavy atom. The fraction of sp³-hybridized carbons (Fsp3) is 0.421. The summed E-state index contributed by atoms with van der Waals surface area (Å²) in [4.78, 5) is 16.9. The predicted molar refractivity (Wildman–Crippen MR) is 106 cm³/mol. The van der Waals surface area contributed by atoms with Crippen LogP contribution < -0.4 is 4.90 Å². The third-order valence-electron chi connectivity index (χ3n) is 5.37. The van der Waals surface area contributed by atoms with Gasteiger partial charge in [-0.3, -0.25) is 15.1 Å². The lowest BCUT2D eigenvalue weighted by Gasteiger charge is -2.31. The van der Waals surface area contributed by atoms with Crippen molar-refractivity contribution >= 4 is 21.4 Å². The Morgan fingerprint density at radius 3 is 2.66 bits per heavy atom. The molecule has 0 bridgehead atoms. The molecule has 0 amide bonds. The molecule has 2 aliphatic rings. The zero-order chi connectivity index (χ0) is 20.4. The van der Waals surface area contributed by atoms with Crippen LogP contribution in [0.5, 0.6) is 0 Å². The van der Waals surface area contributed by atoms with Crippen LogP contribution in [0, 0.1) is 10.1 Å². The molecule has 2 aliphatic heterocycles. The Hall–Kier alpha value is -2.56. The molecule has 2 saturated heterocycles. The van der Waals surface area contributed by atoms with E-state index in [0.29, 0.717) is 25.4 Å². The summed E-state index contributed by atoms with van der Waals surface area (Å²) in [5.74, 6) is 0. The molecule has 1 atom stereocenters. The van der Waals surface area contributed by atoms with Crippen LogP contribution in [0.1, 0.15) is 24.4 Å². The highest BCUT2D eigenvalue weighted by molar-refractivity contribution is 7.89. The minimum absolute atomic E-state index is 0.0237. The number of nitro groups is 1. The van der Waals surface area contributed by atoms with Crippen molar-refractivity contribution in [1.82, 2.24) is 9.29 Å². The van der Waals surface area contributed by atoms with Crippen molar-refractivity contribution in [2.45, 2.75) is 23.8 Å². The first-order valence-corrected chi connectivity index (χ1v) is 11.0. The summed E-state index contributed by atoms with van der Waals surface area (Å²) < 4.78 is 33.4. The Morgan fingerprint density at radius 2 is 1.97 bits per heavy atom. The zero-order valence-electron chi connectivity index (χ0n) is 15.8. The average Bonchev–Trinajstić information content (AvgIpc) is 3.24. The van der Waals surface area contributed by atoms with Gasteiger partial charge in [0.1, 0.15) is 4.90 Å². The van der Waals surface area contributed by atoms with Crippen molar-refractivity contribution in [3.8, 4) is 0 Å². The fourth-order valence-electron chi connectivity index (χ4n) is 3.96. The molecule has 1 unspecified atom stereocenters. The van der Waals surface area contributed by atoms with Crippen LogP contribution in [-0.2, 0) is 14.8 Å². The van der Waals surface area contributed by atoms with Gasteiger partial charge in [-0.1, -0.05) is 6.07 Å². The summed E-state index contributed by atoms with van der Waals surface area (Å²) in [6, 6.07) is 7.90. The second-order valence-electron chi connectivity index (χ2n) is 7.06. The summed E-state index contributed by atoms with van der Waals surface area (Å²) in [5, 5.41) is 11.3. The maximum Gasteiger partial charge on any atom is 0.270 e. The maximum atomic E-state index is 13.4. The lowest BCUT2D eigenvalue weighted by atomic mass is 10.1. The topological polar surface area (TPSA) is 106 Å². The van der Waals surface area contributed by atoms with Crippen LogP contribution in [0.25, 0.3) is 0 Å². The number of pyridine rings is 1. The van der Waals surface area contributed by atoms with E-state index in [1.165, 1.54) is 16.4 Å². The number of benzene rings is 1. The van der Waals surface area contributed by atoms with Crippen LogP contribution in [0.4, 0.5) is 11.4 Å². The van der Waals surface area contributed by atoms with Gasteiger partial charge in [0.15, 0.2) is 0 Å². The smallest absolute Gasteiger partial charge is 0.270 e. The van der Waals surface area contributed by atoms with E-state index < -0.39 is 14.9 Å². The van der Waals surface area contributed by atoms with E-state index in [1.807, 2.05) is 17.0 Å². The molecule has 0 saturated carbocycles. The highest BCUT2D eigenvalue weighted by atomic mass is 32.2. The van der Waals surface area contributed by atoms with Gasteiger partial charge in [-0.2, -0.15) is 4.31 Å². The van der Waals surface area contributed by atoms with Crippen molar-refractivity contribution < 1.29 is 18.1 Å². The zero-order valence-corrected chi connectivity index (χ0v) is 16.6. The number of rotatable bonds is 5. The van der Waals surface area contributed by atoms with Gasteiger partial charge in [-0.15, -0.1) is 0 Å². The SMILES string of the molecule is O=[N+]([O-])c1ccc(N2CCCC2c2cccnc2)c(S(=O)(=O)N2CCOCC2)c1. The van der Waals surface area contributed by atoms with Crippen molar-refractivity contribution in [1.29, 1.82) is 0 Å². The second-order valence-corrected chi connectivity index (χ2v) is 8.97. The molecule has 9 nitrogen and oxygen atoms in total. The van der Waals surface area contributed by atoms with Crippen LogP contribution in [0.2, 0.25) is 0 Å². The summed E-state index contributed by atoms with van der Waals surface area (Å²) in [6.45, 7) is 1.76. The molecule has 154 valence electrons. The van der Waals surface area contributed by atoms with Gasteiger partial charge in [0.25, 0.3) is 5.69 Å². The lowest BCUT2D eigenvalue weighted by Crippen LogP contribution is -2.41. The number of non-ortho nitro benzene ring substituents is 1. The van der Waals surface area contributed by atoms with E-state index >= 15 is 0 Å². The number of anilines is 1. The van der Waals surface area contributed by atoms with Crippen molar-refractivity contribution in [2.75, 3.05) is 37.7 Å². The molecule has 1 aromatic heterocycles. The van der Waals surface area contributed by atoms with E-state index in [9.17, 15) is 18.5 Å². The number of ether oxygens (including phenoxy) is 1.